The van der Waals surface area contributed by atoms with Crippen LogP contribution in [0.2, 0.25) is 0 Å². The number of nitrogens with zero attached hydrogens (tertiary/aromatic N) is 2. The fourth-order valence-corrected chi connectivity index (χ4v) is 8.34. The number of anilines is 3. The van der Waals surface area contributed by atoms with E-state index in [1.54, 1.807) is 11.3 Å². The van der Waals surface area contributed by atoms with E-state index in [0.717, 1.165) is 60.8 Å². The van der Waals surface area contributed by atoms with Gasteiger partial charge in [-0.25, -0.2) is 4.98 Å². The maximum atomic E-state index is 6.41. The molecule has 0 amide bonds. The van der Waals surface area contributed by atoms with E-state index < -0.39 is 0 Å². The summed E-state index contributed by atoms with van der Waals surface area (Å²) in [4.78, 5) is 8.88. The molecule has 0 aliphatic heterocycles. The lowest BCUT2D eigenvalue weighted by molar-refractivity contribution is 0.669. The van der Waals surface area contributed by atoms with Crippen molar-refractivity contribution in [2.24, 2.45) is 0 Å². The van der Waals surface area contributed by atoms with Crippen LogP contribution in [0, 0.1) is 0 Å². The molecule has 0 unspecified atom stereocenters. The van der Waals surface area contributed by atoms with Gasteiger partial charge in [0.25, 0.3) is 0 Å². The average molecular weight is 619 g/mol. The lowest BCUT2D eigenvalue weighted by Crippen LogP contribution is -2.12. The number of hydrogen-bond donors (Lipinski definition) is 0. The molecule has 1 aliphatic carbocycles. The van der Waals surface area contributed by atoms with Crippen LogP contribution in [-0.2, 0) is 0 Å². The summed E-state index contributed by atoms with van der Waals surface area (Å²) in [6.45, 7) is 0. The summed E-state index contributed by atoms with van der Waals surface area (Å²) < 4.78 is 6.41. The zero-order valence-electron chi connectivity index (χ0n) is 25.2. The van der Waals surface area contributed by atoms with Crippen LogP contribution in [0.5, 0.6) is 0 Å². The van der Waals surface area contributed by atoms with Gasteiger partial charge in [0.15, 0.2) is 0 Å². The Bertz CT molecular complexity index is 2610. The predicted molar refractivity (Wildman–Crippen MR) is 197 cm³/mol. The summed E-state index contributed by atoms with van der Waals surface area (Å²) in [5.41, 5.74) is 12.1. The molecule has 0 radical (unpaired) electrons. The van der Waals surface area contributed by atoms with Crippen molar-refractivity contribution in [2.75, 3.05) is 4.90 Å². The second kappa shape index (κ2) is 10.3. The average Bonchev–Trinajstić information content (AvgIpc) is 3.83. The maximum Gasteiger partial charge on any atom is 0.137 e. The Morgan fingerprint density at radius 1 is 0.447 bits per heavy atom. The van der Waals surface area contributed by atoms with Crippen LogP contribution in [0.25, 0.3) is 76.1 Å². The Kier molecular flexibility index (Phi) is 5.74. The molecule has 2 aromatic heterocycles. The summed E-state index contributed by atoms with van der Waals surface area (Å²) in [5, 5.41) is 5.71. The third kappa shape index (κ3) is 3.95. The third-order valence-corrected chi connectivity index (χ3v) is 10.4. The van der Waals surface area contributed by atoms with Crippen molar-refractivity contribution in [1.82, 2.24) is 4.98 Å². The lowest BCUT2D eigenvalue weighted by Gasteiger charge is -2.30. The minimum atomic E-state index is 0.872. The van der Waals surface area contributed by atoms with Gasteiger partial charge in [-0.3, -0.25) is 0 Å². The van der Waals surface area contributed by atoms with Gasteiger partial charge < -0.3 is 9.32 Å². The molecule has 0 saturated heterocycles. The standard InChI is InChI=1S/C43H26N2OS/c1-3-13-27(14-4-1)29-17-7-9-21-34(29)45(36-22-12-24-38-40(36)31-18-8-10-23-37(31)46-38)35-26-25-32-39-30(35)19-11-20-33(39)42-41(32)44-43(47-42)28-15-5-2-6-16-28/h1-26H. The van der Waals surface area contributed by atoms with E-state index in [9.17, 15) is 0 Å². The summed E-state index contributed by atoms with van der Waals surface area (Å²) in [6.07, 6.45) is 0. The van der Waals surface area contributed by atoms with Gasteiger partial charge in [0.2, 0.25) is 0 Å². The highest BCUT2D eigenvalue weighted by Gasteiger charge is 2.30. The number of thiazole rings is 1. The van der Waals surface area contributed by atoms with Gasteiger partial charge in [-0.2, -0.15) is 0 Å². The Balaban J connectivity index is 1.26. The topological polar surface area (TPSA) is 29.3 Å². The van der Waals surface area contributed by atoms with Gasteiger partial charge in [-0.15, -0.1) is 11.3 Å². The summed E-state index contributed by atoms with van der Waals surface area (Å²) >= 11 is 1.78. The molecule has 3 nitrogen and oxygen atoms in total. The molecule has 10 rings (SSSR count). The molecule has 220 valence electrons. The smallest absolute Gasteiger partial charge is 0.137 e. The number of hydrogen-bond acceptors (Lipinski definition) is 4. The van der Waals surface area contributed by atoms with Crippen LogP contribution in [0.1, 0.15) is 0 Å². The first-order valence-corrected chi connectivity index (χ1v) is 16.6. The molecule has 0 N–H and O–H groups in total. The summed E-state index contributed by atoms with van der Waals surface area (Å²) in [6, 6.07) is 55.8. The molecule has 47 heavy (non-hydrogen) atoms. The van der Waals surface area contributed by atoms with E-state index in [2.05, 4.69) is 157 Å². The van der Waals surface area contributed by atoms with Crippen molar-refractivity contribution >= 4 is 61.1 Å². The highest BCUT2D eigenvalue weighted by molar-refractivity contribution is 7.19. The highest BCUT2D eigenvalue weighted by Crippen LogP contribution is 2.55. The molecule has 4 heteroatoms. The molecule has 0 saturated carbocycles. The van der Waals surface area contributed by atoms with Crippen LogP contribution >= 0.6 is 11.3 Å². The molecule has 7 aromatic carbocycles. The minimum Gasteiger partial charge on any atom is -0.456 e. The number of benzene rings is 7. The van der Waals surface area contributed by atoms with E-state index in [0.29, 0.717) is 0 Å². The maximum absolute atomic E-state index is 6.41. The van der Waals surface area contributed by atoms with Gasteiger partial charge in [-0.1, -0.05) is 127 Å². The molecule has 0 atom stereocenters. The van der Waals surface area contributed by atoms with Crippen LogP contribution in [0.4, 0.5) is 17.1 Å². The SMILES string of the molecule is c1ccc(-c2nc3c(s2)-c2cccc4c(N(c5ccccc5-c5ccccc5)c5cccc6oc7ccccc7c56)ccc-3c24)cc1. The molecule has 1 aliphatic rings. The van der Waals surface area contributed by atoms with E-state index in [-0.39, 0.29) is 0 Å². The normalized spacial score (nSPS) is 11.8. The first-order valence-electron chi connectivity index (χ1n) is 15.8. The van der Waals surface area contributed by atoms with Crippen molar-refractivity contribution in [3.8, 4) is 43.4 Å². The first kappa shape index (κ1) is 26.3. The monoisotopic (exact) mass is 618 g/mol. The van der Waals surface area contributed by atoms with Crippen molar-refractivity contribution in [2.45, 2.75) is 0 Å². The first-order chi connectivity index (χ1) is 23.3. The Labute approximate surface area is 275 Å². The van der Waals surface area contributed by atoms with E-state index in [1.165, 1.54) is 32.3 Å². The Hall–Kier alpha value is -5.97. The number of aromatic nitrogens is 1. The summed E-state index contributed by atoms with van der Waals surface area (Å²) in [7, 11) is 0. The minimum absolute atomic E-state index is 0.872. The zero-order valence-corrected chi connectivity index (χ0v) is 26.0. The fraction of sp³-hybridized carbons (Fsp3) is 0. The zero-order chi connectivity index (χ0) is 30.9. The number of para-hydroxylation sites is 2. The fourth-order valence-electron chi connectivity index (χ4n) is 7.22. The number of rotatable bonds is 5. The van der Waals surface area contributed by atoms with Crippen LogP contribution in [0.15, 0.2) is 162 Å². The Morgan fingerprint density at radius 3 is 1.98 bits per heavy atom. The molecular weight excluding hydrogens is 593 g/mol. The largest absolute Gasteiger partial charge is 0.456 e. The van der Waals surface area contributed by atoms with Gasteiger partial charge >= 0.3 is 0 Å². The number of furan rings is 1. The summed E-state index contributed by atoms with van der Waals surface area (Å²) in [5.74, 6) is 0. The lowest BCUT2D eigenvalue weighted by atomic mass is 9.98. The van der Waals surface area contributed by atoms with Crippen molar-refractivity contribution in [3.63, 3.8) is 0 Å². The van der Waals surface area contributed by atoms with Gasteiger partial charge in [0.05, 0.1) is 33.0 Å². The molecule has 2 heterocycles. The van der Waals surface area contributed by atoms with Crippen LogP contribution < -0.4 is 4.90 Å². The highest BCUT2D eigenvalue weighted by atomic mass is 32.1. The van der Waals surface area contributed by atoms with E-state index in [4.69, 9.17) is 9.40 Å². The number of fused-ring (bicyclic) bond motifs is 6. The predicted octanol–water partition coefficient (Wildman–Crippen LogP) is 12.6. The molecular formula is C43H26N2OS. The van der Waals surface area contributed by atoms with Crippen molar-refractivity contribution < 1.29 is 4.42 Å². The second-order valence-corrected chi connectivity index (χ2v) is 12.9. The second-order valence-electron chi connectivity index (χ2n) is 11.9. The molecule has 0 bridgehead atoms. The third-order valence-electron chi connectivity index (χ3n) is 9.26. The molecule has 0 spiro atoms. The van der Waals surface area contributed by atoms with Gasteiger partial charge in [0.1, 0.15) is 16.2 Å². The van der Waals surface area contributed by atoms with Crippen molar-refractivity contribution in [3.05, 3.63) is 158 Å². The van der Waals surface area contributed by atoms with Gasteiger partial charge in [-0.05, 0) is 35.9 Å². The Morgan fingerprint density at radius 2 is 1.11 bits per heavy atom. The van der Waals surface area contributed by atoms with Crippen LogP contribution in [-0.4, -0.2) is 4.98 Å². The van der Waals surface area contributed by atoms with Crippen molar-refractivity contribution in [1.29, 1.82) is 0 Å². The quantitative estimate of drug-likeness (QED) is 0.192. The molecule has 9 aromatic rings. The molecule has 0 fully saturated rings. The van der Waals surface area contributed by atoms with E-state index >= 15 is 0 Å². The van der Waals surface area contributed by atoms with E-state index in [1.807, 2.05) is 6.07 Å². The van der Waals surface area contributed by atoms with Gasteiger partial charge in [0, 0.05) is 38.4 Å². The van der Waals surface area contributed by atoms with Crippen LogP contribution in [0.3, 0.4) is 0 Å².